The second-order valence-electron chi connectivity index (χ2n) is 9.24. The van der Waals surface area contributed by atoms with Crippen molar-refractivity contribution in [3.8, 4) is 16.9 Å². The Kier molecular flexibility index (Phi) is 5.07. The predicted molar refractivity (Wildman–Crippen MR) is 127 cm³/mol. The van der Waals surface area contributed by atoms with Crippen molar-refractivity contribution in [2.75, 3.05) is 30.9 Å². The van der Waals surface area contributed by atoms with Gasteiger partial charge in [0.15, 0.2) is 32.8 Å². The summed E-state index contributed by atoms with van der Waals surface area (Å²) in [6.45, 7) is 1.80. The number of fused-ring (bicyclic) bond motifs is 2. The highest BCUT2D eigenvalue weighted by atomic mass is 32.2. The van der Waals surface area contributed by atoms with E-state index in [0.717, 1.165) is 30.4 Å². The second-order valence-corrected chi connectivity index (χ2v) is 11.3. The lowest BCUT2D eigenvalue weighted by Crippen LogP contribution is -2.25. The number of ether oxygens (including phenoxy) is 1. The Bertz CT molecular complexity index is 1470. The zero-order valence-electron chi connectivity index (χ0n) is 18.8. The SMILES string of the molecule is CS(=O)(=O)c1ccc(-c2cc(F)c(OCC3C4CN(c5nc6ccccc6o5)C[C@H]34)c(F)c2)cc1. The Morgan fingerprint density at radius 3 is 2.29 bits per heavy atom. The fourth-order valence-electron chi connectivity index (χ4n) is 4.99. The number of hydrogen-bond acceptors (Lipinski definition) is 6. The Labute approximate surface area is 201 Å². The topological polar surface area (TPSA) is 72.6 Å². The van der Waals surface area contributed by atoms with Crippen LogP contribution in [0.1, 0.15) is 0 Å². The van der Waals surface area contributed by atoms with Gasteiger partial charge in [0, 0.05) is 25.3 Å². The van der Waals surface area contributed by atoms with E-state index in [1.807, 2.05) is 24.3 Å². The van der Waals surface area contributed by atoms with Crippen molar-refractivity contribution in [3.63, 3.8) is 0 Å². The smallest absolute Gasteiger partial charge is 0.298 e. The first kappa shape index (κ1) is 22.0. The number of nitrogens with zero attached hydrogens (tertiary/aromatic N) is 2. The Hall–Kier alpha value is -3.46. The molecule has 0 N–H and O–H groups in total. The number of anilines is 1. The third-order valence-corrected chi connectivity index (χ3v) is 8.09. The van der Waals surface area contributed by atoms with Gasteiger partial charge in [-0.05, 0) is 59.4 Å². The molecule has 2 heterocycles. The van der Waals surface area contributed by atoms with Crippen LogP contribution in [0.3, 0.4) is 0 Å². The summed E-state index contributed by atoms with van der Waals surface area (Å²) in [4.78, 5) is 6.79. The van der Waals surface area contributed by atoms with Crippen molar-refractivity contribution >= 4 is 27.0 Å². The molecule has 0 spiro atoms. The molecule has 4 aromatic rings. The van der Waals surface area contributed by atoms with Crippen molar-refractivity contribution in [2.45, 2.75) is 4.90 Å². The third-order valence-electron chi connectivity index (χ3n) is 6.96. The first-order valence-electron chi connectivity index (χ1n) is 11.3. The zero-order valence-corrected chi connectivity index (χ0v) is 19.6. The molecule has 1 aliphatic carbocycles. The van der Waals surface area contributed by atoms with E-state index in [1.165, 1.54) is 36.4 Å². The van der Waals surface area contributed by atoms with Crippen LogP contribution >= 0.6 is 0 Å². The first-order valence-corrected chi connectivity index (χ1v) is 13.2. The molecule has 2 aliphatic rings. The van der Waals surface area contributed by atoms with Crippen LogP contribution in [0, 0.1) is 29.4 Å². The predicted octanol–water partition coefficient (Wildman–Crippen LogP) is 4.94. The van der Waals surface area contributed by atoms with Crippen LogP contribution in [-0.2, 0) is 9.84 Å². The molecule has 0 bridgehead atoms. The summed E-state index contributed by atoms with van der Waals surface area (Å²) in [6.07, 6.45) is 1.11. The molecule has 1 aromatic heterocycles. The summed E-state index contributed by atoms with van der Waals surface area (Å²) in [5.41, 5.74) is 2.40. The number of para-hydroxylation sites is 2. The van der Waals surface area contributed by atoms with Crippen LogP contribution in [0.15, 0.2) is 70.0 Å². The number of rotatable bonds is 6. The van der Waals surface area contributed by atoms with Gasteiger partial charge in [0.25, 0.3) is 6.01 Å². The summed E-state index contributed by atoms with van der Waals surface area (Å²) >= 11 is 0. The van der Waals surface area contributed by atoms with Gasteiger partial charge in [-0.25, -0.2) is 17.2 Å². The van der Waals surface area contributed by atoms with Crippen molar-refractivity contribution < 1.29 is 26.4 Å². The maximum atomic E-state index is 14.7. The lowest BCUT2D eigenvalue weighted by atomic mass is 10.1. The minimum Gasteiger partial charge on any atom is -0.487 e. The minimum absolute atomic E-state index is 0.145. The van der Waals surface area contributed by atoms with E-state index < -0.39 is 21.5 Å². The molecule has 1 saturated carbocycles. The monoisotopic (exact) mass is 496 g/mol. The van der Waals surface area contributed by atoms with Gasteiger partial charge in [-0.15, -0.1) is 0 Å². The van der Waals surface area contributed by atoms with Crippen LogP contribution in [0.2, 0.25) is 0 Å². The van der Waals surface area contributed by atoms with Gasteiger partial charge < -0.3 is 14.1 Å². The average molecular weight is 497 g/mol. The summed E-state index contributed by atoms with van der Waals surface area (Å²) in [6, 6.07) is 16.5. The number of sulfone groups is 1. The Morgan fingerprint density at radius 1 is 1.00 bits per heavy atom. The second kappa shape index (κ2) is 8.05. The molecule has 2 fully saturated rings. The van der Waals surface area contributed by atoms with Gasteiger partial charge in [-0.3, -0.25) is 0 Å². The number of aromatic nitrogens is 1. The molecule has 3 atom stereocenters. The largest absolute Gasteiger partial charge is 0.487 e. The molecule has 0 radical (unpaired) electrons. The van der Waals surface area contributed by atoms with E-state index in [-0.39, 0.29) is 23.2 Å². The highest BCUT2D eigenvalue weighted by molar-refractivity contribution is 7.90. The Morgan fingerprint density at radius 2 is 1.66 bits per heavy atom. The van der Waals surface area contributed by atoms with Gasteiger partial charge in [-0.1, -0.05) is 24.3 Å². The molecule has 1 saturated heterocycles. The summed E-state index contributed by atoms with van der Waals surface area (Å²) < 4.78 is 64.1. The van der Waals surface area contributed by atoms with Crippen molar-refractivity contribution in [2.24, 2.45) is 17.8 Å². The lowest BCUT2D eigenvalue weighted by molar-refractivity contribution is 0.257. The van der Waals surface area contributed by atoms with Gasteiger partial charge in [0.2, 0.25) is 0 Å². The normalized spacial score (nSPS) is 21.3. The molecular formula is C26H22F2N2O4S. The average Bonchev–Trinajstić information content (AvgIpc) is 3.17. The van der Waals surface area contributed by atoms with Crippen LogP contribution < -0.4 is 9.64 Å². The molecule has 2 unspecified atom stereocenters. The third kappa shape index (κ3) is 4.03. The van der Waals surface area contributed by atoms with Crippen LogP contribution in [0.4, 0.5) is 14.8 Å². The highest BCUT2D eigenvalue weighted by Gasteiger charge is 2.56. The van der Waals surface area contributed by atoms with Crippen LogP contribution in [0.25, 0.3) is 22.2 Å². The van der Waals surface area contributed by atoms with Gasteiger partial charge in [-0.2, -0.15) is 4.98 Å². The highest BCUT2D eigenvalue weighted by Crippen LogP contribution is 2.52. The number of piperidine rings is 1. The van der Waals surface area contributed by atoms with Crippen molar-refractivity contribution in [1.29, 1.82) is 0 Å². The molecule has 3 aromatic carbocycles. The van der Waals surface area contributed by atoms with E-state index in [2.05, 4.69) is 9.88 Å². The maximum absolute atomic E-state index is 14.7. The number of halogens is 2. The number of hydrogen-bond donors (Lipinski definition) is 0. The lowest BCUT2D eigenvalue weighted by Gasteiger charge is -2.18. The maximum Gasteiger partial charge on any atom is 0.298 e. The quantitative estimate of drug-likeness (QED) is 0.377. The summed E-state index contributed by atoms with van der Waals surface area (Å²) in [5.74, 6) is -0.968. The number of benzene rings is 3. The standard InChI is InChI=1S/C26H22F2N2O4S/c1-35(31,32)17-8-6-15(7-9-17)16-10-21(27)25(22(28)11-16)33-14-20-18-12-30(13-19(18)20)26-29-23-4-2-3-5-24(23)34-26/h2-11,18-20H,12-14H2,1H3/t18-,19?,20?/m0/s1. The van der Waals surface area contributed by atoms with E-state index >= 15 is 0 Å². The number of oxazole rings is 1. The van der Waals surface area contributed by atoms with Gasteiger partial charge in [0.1, 0.15) is 5.52 Å². The molecule has 1 aliphatic heterocycles. The van der Waals surface area contributed by atoms with Gasteiger partial charge >= 0.3 is 0 Å². The Balaban J connectivity index is 1.09. The van der Waals surface area contributed by atoms with E-state index in [1.54, 1.807) is 0 Å². The van der Waals surface area contributed by atoms with E-state index in [9.17, 15) is 17.2 Å². The van der Waals surface area contributed by atoms with E-state index in [4.69, 9.17) is 9.15 Å². The minimum atomic E-state index is -3.35. The fourth-order valence-corrected chi connectivity index (χ4v) is 5.62. The molecule has 6 nitrogen and oxygen atoms in total. The molecular weight excluding hydrogens is 474 g/mol. The molecule has 35 heavy (non-hydrogen) atoms. The summed E-state index contributed by atoms with van der Waals surface area (Å²) in [5, 5.41) is 0. The molecule has 0 amide bonds. The van der Waals surface area contributed by atoms with Crippen molar-refractivity contribution in [1.82, 2.24) is 4.98 Å². The van der Waals surface area contributed by atoms with Crippen LogP contribution in [-0.4, -0.2) is 39.4 Å². The van der Waals surface area contributed by atoms with E-state index in [0.29, 0.717) is 29.0 Å². The zero-order chi connectivity index (χ0) is 24.3. The fraction of sp³-hybridized carbons (Fsp3) is 0.269. The molecule has 180 valence electrons. The molecule has 9 heteroatoms. The summed E-state index contributed by atoms with van der Waals surface area (Å²) in [7, 11) is -3.35. The first-order chi connectivity index (χ1) is 16.8. The molecule has 6 rings (SSSR count). The van der Waals surface area contributed by atoms with Gasteiger partial charge in [0.05, 0.1) is 11.5 Å². The van der Waals surface area contributed by atoms with Crippen LogP contribution in [0.5, 0.6) is 5.75 Å². The van der Waals surface area contributed by atoms with Crippen molar-refractivity contribution in [3.05, 3.63) is 72.3 Å².